The minimum absolute atomic E-state index is 0.324. The van der Waals surface area contributed by atoms with Crippen molar-refractivity contribution in [3.05, 3.63) is 65.4 Å². The van der Waals surface area contributed by atoms with Crippen molar-refractivity contribution < 1.29 is 18.5 Å². The predicted molar refractivity (Wildman–Crippen MR) is 107 cm³/mol. The number of ether oxygens (including phenoxy) is 2. The van der Waals surface area contributed by atoms with E-state index in [1.165, 1.54) is 14.2 Å². The summed E-state index contributed by atoms with van der Waals surface area (Å²) in [5, 5.41) is 7.53. The smallest absolute Gasteiger partial charge is 0.257 e. The second kappa shape index (κ2) is 7.47. The molecule has 1 aliphatic heterocycles. The van der Waals surface area contributed by atoms with Gasteiger partial charge < -0.3 is 14.8 Å². The molecule has 1 atom stereocenters. The Morgan fingerprint density at radius 1 is 1.07 bits per heavy atom. The molecule has 0 bridgehead atoms. The van der Waals surface area contributed by atoms with Gasteiger partial charge in [0.1, 0.15) is 17.3 Å². The first-order valence-corrected chi connectivity index (χ1v) is 10.1. The fourth-order valence-electron chi connectivity index (χ4n) is 3.13. The van der Waals surface area contributed by atoms with Crippen LogP contribution in [0.3, 0.4) is 0 Å². The maximum atomic E-state index is 13.0. The summed E-state index contributed by atoms with van der Waals surface area (Å²) >= 11 is 0. The number of aromatic nitrogens is 2. The first-order chi connectivity index (χ1) is 13.6. The fraction of sp³-hybridized carbons (Fsp3) is 0.200. The molecule has 1 N–H and O–H groups in total. The van der Waals surface area contributed by atoms with E-state index in [0.717, 1.165) is 16.9 Å². The molecule has 0 saturated heterocycles. The monoisotopic (exact) mass is 397 g/mol. The number of benzene rings is 2. The lowest BCUT2D eigenvalue weighted by Crippen LogP contribution is -2.16. The van der Waals surface area contributed by atoms with Gasteiger partial charge in [-0.15, -0.1) is 0 Å². The number of carbonyl (C=O) groups excluding carboxylic acids is 1. The number of nitrogens with zero attached hydrogens (tertiary/aromatic N) is 2. The summed E-state index contributed by atoms with van der Waals surface area (Å²) in [7, 11) is 2.06. The van der Waals surface area contributed by atoms with Gasteiger partial charge in [0.15, 0.2) is 0 Å². The quantitative estimate of drug-likeness (QED) is 0.716. The second-order valence-corrected chi connectivity index (χ2v) is 7.76. The van der Waals surface area contributed by atoms with Crippen molar-refractivity contribution in [2.24, 2.45) is 0 Å². The van der Waals surface area contributed by atoms with Gasteiger partial charge in [0.2, 0.25) is 0 Å². The van der Waals surface area contributed by atoms with E-state index in [2.05, 4.69) is 10.4 Å². The van der Waals surface area contributed by atoms with Gasteiger partial charge in [0.25, 0.3) is 5.91 Å². The highest BCUT2D eigenvalue weighted by molar-refractivity contribution is 7.83. The van der Waals surface area contributed by atoms with E-state index in [4.69, 9.17) is 9.47 Å². The van der Waals surface area contributed by atoms with Crippen molar-refractivity contribution >= 4 is 22.5 Å². The highest BCUT2D eigenvalue weighted by Crippen LogP contribution is 2.32. The molecule has 2 aromatic carbocycles. The zero-order chi connectivity index (χ0) is 19.7. The Labute approximate surface area is 164 Å². The zero-order valence-electron chi connectivity index (χ0n) is 15.5. The van der Waals surface area contributed by atoms with Crippen molar-refractivity contribution in [1.82, 2.24) is 9.78 Å². The van der Waals surface area contributed by atoms with Crippen LogP contribution >= 0.6 is 0 Å². The second-order valence-electron chi connectivity index (χ2n) is 6.31. The van der Waals surface area contributed by atoms with Crippen LogP contribution in [0.5, 0.6) is 11.5 Å². The molecular formula is C20H19N3O4S. The Balaban J connectivity index is 1.74. The Morgan fingerprint density at radius 3 is 2.39 bits per heavy atom. The van der Waals surface area contributed by atoms with Crippen LogP contribution in [0.2, 0.25) is 0 Å². The molecule has 0 fully saturated rings. The SMILES string of the molecule is COc1cc(OC)cc(C(=O)Nc2c3c(nn2-c2ccccc2)CS(=O)C3)c1. The first kappa shape index (κ1) is 18.2. The molecule has 8 heteroatoms. The van der Waals surface area contributed by atoms with Crippen LogP contribution < -0.4 is 14.8 Å². The third kappa shape index (κ3) is 3.38. The van der Waals surface area contributed by atoms with Gasteiger partial charge in [-0.05, 0) is 24.3 Å². The van der Waals surface area contributed by atoms with Gasteiger partial charge in [-0.3, -0.25) is 9.00 Å². The molecule has 7 nitrogen and oxygen atoms in total. The van der Waals surface area contributed by atoms with Crippen molar-refractivity contribution in [1.29, 1.82) is 0 Å². The molecule has 1 unspecified atom stereocenters. The van der Waals surface area contributed by atoms with Gasteiger partial charge in [0, 0.05) is 28.0 Å². The molecule has 144 valence electrons. The maximum Gasteiger partial charge on any atom is 0.257 e. The number of hydrogen-bond donors (Lipinski definition) is 1. The number of carbonyl (C=O) groups is 1. The molecule has 1 aromatic heterocycles. The number of fused-ring (bicyclic) bond motifs is 1. The predicted octanol–water partition coefficient (Wildman–Crippen LogP) is 2.90. The summed E-state index contributed by atoms with van der Waals surface area (Å²) in [6.07, 6.45) is 0. The third-order valence-corrected chi connectivity index (χ3v) is 5.72. The van der Waals surface area contributed by atoms with E-state index >= 15 is 0 Å². The number of amides is 1. The van der Waals surface area contributed by atoms with Crippen LogP contribution in [0.4, 0.5) is 5.82 Å². The number of methoxy groups -OCH3 is 2. The minimum Gasteiger partial charge on any atom is -0.497 e. The van der Waals surface area contributed by atoms with E-state index in [1.807, 2.05) is 30.3 Å². The van der Waals surface area contributed by atoms with Gasteiger partial charge in [-0.1, -0.05) is 18.2 Å². The van der Waals surface area contributed by atoms with Crippen molar-refractivity contribution in [2.45, 2.75) is 11.5 Å². The van der Waals surface area contributed by atoms with E-state index in [0.29, 0.717) is 34.4 Å². The number of rotatable bonds is 5. The molecule has 28 heavy (non-hydrogen) atoms. The summed E-state index contributed by atoms with van der Waals surface area (Å²) in [6, 6.07) is 14.5. The van der Waals surface area contributed by atoms with Crippen LogP contribution in [0.25, 0.3) is 5.69 Å². The molecule has 1 aliphatic rings. The molecule has 0 spiro atoms. The third-order valence-electron chi connectivity index (χ3n) is 4.52. The van der Waals surface area contributed by atoms with Gasteiger partial charge in [-0.25, -0.2) is 4.68 Å². The van der Waals surface area contributed by atoms with E-state index in [-0.39, 0.29) is 5.91 Å². The highest BCUT2D eigenvalue weighted by atomic mass is 32.2. The lowest BCUT2D eigenvalue weighted by atomic mass is 10.1. The average Bonchev–Trinajstić information content (AvgIpc) is 3.25. The molecule has 2 heterocycles. The summed E-state index contributed by atoms with van der Waals surface area (Å²) in [5.41, 5.74) is 2.78. The minimum atomic E-state index is -1.000. The Kier molecular flexibility index (Phi) is 4.87. The fourth-order valence-corrected chi connectivity index (χ4v) is 4.39. The number of para-hydroxylation sites is 1. The average molecular weight is 397 g/mol. The lowest BCUT2D eigenvalue weighted by Gasteiger charge is -2.12. The number of nitrogens with one attached hydrogen (secondary N) is 1. The summed E-state index contributed by atoms with van der Waals surface area (Å²) in [6.45, 7) is 0. The van der Waals surface area contributed by atoms with Crippen LogP contribution in [-0.2, 0) is 22.3 Å². The standard InChI is InChI=1S/C20H19N3O4S/c1-26-15-8-13(9-16(10-15)27-2)20(24)21-19-17-11-28(25)12-18(17)22-23(19)14-6-4-3-5-7-14/h3-10H,11-12H2,1-2H3,(H,21,24). The molecular weight excluding hydrogens is 378 g/mol. The van der Waals surface area contributed by atoms with Crippen molar-refractivity contribution in [3.8, 4) is 17.2 Å². The largest absolute Gasteiger partial charge is 0.497 e. The van der Waals surface area contributed by atoms with Gasteiger partial charge in [0.05, 0.1) is 37.1 Å². The van der Waals surface area contributed by atoms with Crippen LogP contribution in [-0.4, -0.2) is 34.1 Å². The first-order valence-electron chi connectivity index (χ1n) is 8.64. The van der Waals surface area contributed by atoms with Crippen LogP contribution in [0.15, 0.2) is 48.5 Å². The molecule has 4 rings (SSSR count). The molecule has 0 saturated carbocycles. The van der Waals surface area contributed by atoms with Gasteiger partial charge in [-0.2, -0.15) is 5.10 Å². The van der Waals surface area contributed by atoms with Crippen LogP contribution in [0.1, 0.15) is 21.6 Å². The van der Waals surface area contributed by atoms with E-state index in [1.54, 1.807) is 22.9 Å². The summed E-state index contributed by atoms with van der Waals surface area (Å²) in [5.74, 6) is 2.03. The van der Waals surface area contributed by atoms with E-state index < -0.39 is 10.8 Å². The normalized spacial score (nSPS) is 15.1. The zero-order valence-corrected chi connectivity index (χ0v) is 16.3. The number of anilines is 1. The van der Waals surface area contributed by atoms with E-state index in [9.17, 15) is 9.00 Å². The topological polar surface area (TPSA) is 82.4 Å². The summed E-state index contributed by atoms with van der Waals surface area (Å²) < 4.78 is 24.2. The molecule has 1 amide bonds. The molecule has 0 radical (unpaired) electrons. The molecule has 3 aromatic rings. The van der Waals surface area contributed by atoms with Crippen molar-refractivity contribution in [3.63, 3.8) is 0 Å². The summed E-state index contributed by atoms with van der Waals surface area (Å²) in [4.78, 5) is 13.0. The lowest BCUT2D eigenvalue weighted by molar-refractivity contribution is 0.102. The Bertz CT molecular complexity index is 1040. The van der Waals surface area contributed by atoms with Gasteiger partial charge >= 0.3 is 0 Å². The Hall–Kier alpha value is -3.13. The Morgan fingerprint density at radius 2 is 1.75 bits per heavy atom. The highest BCUT2D eigenvalue weighted by Gasteiger charge is 2.28. The maximum absolute atomic E-state index is 13.0. The van der Waals surface area contributed by atoms with Crippen molar-refractivity contribution in [2.75, 3.05) is 19.5 Å². The molecule has 0 aliphatic carbocycles. The van der Waals surface area contributed by atoms with Crippen LogP contribution in [0, 0.1) is 0 Å². The number of hydrogen-bond acceptors (Lipinski definition) is 5.